The van der Waals surface area contributed by atoms with Crippen LogP contribution in [0.1, 0.15) is 10.4 Å². The van der Waals surface area contributed by atoms with Crippen LogP contribution in [0.25, 0.3) is 0 Å². The van der Waals surface area contributed by atoms with Crippen LogP contribution in [-0.2, 0) is 4.74 Å². The number of nitrogens with one attached hydrogen (secondary N) is 1. The van der Waals surface area contributed by atoms with Crippen molar-refractivity contribution in [3.05, 3.63) is 52.3 Å². The lowest BCUT2D eigenvalue weighted by atomic mass is 10.1. The van der Waals surface area contributed by atoms with E-state index < -0.39 is 10.8 Å². The number of anilines is 2. The predicted octanol–water partition coefficient (Wildman–Crippen LogP) is 1.47. The molecule has 124 valence electrons. The lowest BCUT2D eigenvalue weighted by Gasteiger charge is -2.28. The van der Waals surface area contributed by atoms with Gasteiger partial charge in [0, 0.05) is 37.1 Å². The molecule has 9 heteroatoms. The number of ether oxygens (including phenoxy) is 1. The molecule has 3 rings (SSSR count). The van der Waals surface area contributed by atoms with Gasteiger partial charge in [-0.15, -0.1) is 0 Å². The van der Waals surface area contributed by atoms with Gasteiger partial charge in [0.2, 0.25) is 5.95 Å². The van der Waals surface area contributed by atoms with E-state index >= 15 is 0 Å². The number of hydrogen-bond acceptors (Lipinski definition) is 7. The van der Waals surface area contributed by atoms with Crippen LogP contribution in [0.15, 0.2) is 36.7 Å². The van der Waals surface area contributed by atoms with Gasteiger partial charge in [0.15, 0.2) is 0 Å². The Morgan fingerprint density at radius 2 is 1.96 bits per heavy atom. The van der Waals surface area contributed by atoms with Gasteiger partial charge in [-0.25, -0.2) is 9.97 Å². The fourth-order valence-corrected chi connectivity index (χ4v) is 2.42. The summed E-state index contributed by atoms with van der Waals surface area (Å²) in [7, 11) is 0. The fourth-order valence-electron chi connectivity index (χ4n) is 2.42. The second kappa shape index (κ2) is 7.01. The highest BCUT2D eigenvalue weighted by molar-refractivity contribution is 6.04. The third-order valence-electron chi connectivity index (χ3n) is 3.58. The number of nitrogens with zero attached hydrogens (tertiary/aromatic N) is 4. The van der Waals surface area contributed by atoms with E-state index in [1.165, 1.54) is 18.5 Å². The van der Waals surface area contributed by atoms with Gasteiger partial charge < -0.3 is 9.64 Å². The van der Waals surface area contributed by atoms with E-state index in [-0.39, 0.29) is 17.2 Å². The summed E-state index contributed by atoms with van der Waals surface area (Å²) in [6, 6.07) is 6.03. The Labute approximate surface area is 137 Å². The molecule has 1 aliphatic heterocycles. The number of morpholine rings is 1. The molecule has 2 heterocycles. The molecule has 0 bridgehead atoms. The van der Waals surface area contributed by atoms with Crippen molar-refractivity contribution in [1.82, 2.24) is 9.97 Å². The van der Waals surface area contributed by atoms with Gasteiger partial charge in [-0.1, -0.05) is 0 Å². The molecule has 0 aliphatic carbocycles. The number of aromatic nitrogens is 2. The minimum Gasteiger partial charge on any atom is -0.378 e. The molecular weight excluding hydrogens is 314 g/mol. The van der Waals surface area contributed by atoms with Crippen LogP contribution in [0.2, 0.25) is 0 Å². The maximum Gasteiger partial charge on any atom is 0.293 e. The van der Waals surface area contributed by atoms with Crippen molar-refractivity contribution in [2.24, 2.45) is 0 Å². The minimum atomic E-state index is -0.502. The van der Waals surface area contributed by atoms with E-state index in [0.717, 1.165) is 0 Å². The van der Waals surface area contributed by atoms with E-state index in [1.54, 1.807) is 18.2 Å². The van der Waals surface area contributed by atoms with Crippen molar-refractivity contribution in [3.8, 4) is 0 Å². The standard InChI is InChI=1S/C15H15N5O4/c21-14(18-15-16-4-1-5-17-15)11-2-3-12(13(10-11)20(22)23)19-6-8-24-9-7-19/h1-5,10H,6-9H2,(H,16,17,18,21). The number of hydrogen-bond donors (Lipinski definition) is 1. The first kappa shape index (κ1) is 15.8. The third kappa shape index (κ3) is 3.46. The Bertz CT molecular complexity index is 747. The summed E-state index contributed by atoms with van der Waals surface area (Å²) in [4.78, 5) is 32.8. The summed E-state index contributed by atoms with van der Waals surface area (Å²) >= 11 is 0. The summed E-state index contributed by atoms with van der Waals surface area (Å²) in [6.45, 7) is 2.18. The number of nitro groups is 1. The number of carbonyl (C=O) groups is 1. The van der Waals surface area contributed by atoms with E-state index in [1.807, 2.05) is 4.90 Å². The highest BCUT2D eigenvalue weighted by Crippen LogP contribution is 2.30. The Kier molecular flexibility index (Phi) is 4.62. The number of amides is 1. The number of carbonyl (C=O) groups excluding carboxylic acids is 1. The van der Waals surface area contributed by atoms with E-state index in [9.17, 15) is 14.9 Å². The van der Waals surface area contributed by atoms with Crippen LogP contribution >= 0.6 is 0 Å². The number of benzene rings is 1. The maximum atomic E-state index is 12.2. The SMILES string of the molecule is O=C(Nc1ncccn1)c1ccc(N2CCOCC2)c([N+](=O)[O-])c1. The highest BCUT2D eigenvalue weighted by Gasteiger charge is 2.23. The zero-order valence-corrected chi connectivity index (χ0v) is 12.7. The normalized spacial score (nSPS) is 14.2. The average molecular weight is 329 g/mol. The molecule has 0 unspecified atom stereocenters. The van der Waals surface area contributed by atoms with E-state index in [4.69, 9.17) is 4.74 Å². The van der Waals surface area contributed by atoms with Crippen LogP contribution in [-0.4, -0.2) is 47.1 Å². The van der Waals surface area contributed by atoms with Crippen molar-refractivity contribution < 1.29 is 14.5 Å². The summed E-state index contributed by atoms with van der Waals surface area (Å²) < 4.78 is 5.26. The molecule has 1 amide bonds. The molecule has 1 aliphatic rings. The first-order valence-electron chi connectivity index (χ1n) is 7.34. The lowest BCUT2D eigenvalue weighted by Crippen LogP contribution is -2.36. The van der Waals surface area contributed by atoms with Gasteiger partial charge in [0.05, 0.1) is 18.1 Å². The number of rotatable bonds is 4. The molecule has 0 spiro atoms. The summed E-state index contributed by atoms with van der Waals surface area (Å²) in [6.07, 6.45) is 2.99. The topological polar surface area (TPSA) is 110 Å². The van der Waals surface area contributed by atoms with E-state index in [2.05, 4.69) is 15.3 Å². The van der Waals surface area contributed by atoms with Crippen LogP contribution in [0, 0.1) is 10.1 Å². The zero-order chi connectivity index (χ0) is 16.9. The number of nitro benzene ring substituents is 1. The molecule has 1 N–H and O–H groups in total. The highest BCUT2D eigenvalue weighted by atomic mass is 16.6. The molecule has 0 saturated carbocycles. The molecule has 0 radical (unpaired) electrons. The van der Waals surface area contributed by atoms with Crippen LogP contribution in [0.5, 0.6) is 0 Å². The Morgan fingerprint density at radius 1 is 1.25 bits per heavy atom. The lowest BCUT2D eigenvalue weighted by molar-refractivity contribution is -0.384. The molecule has 1 saturated heterocycles. The van der Waals surface area contributed by atoms with Crippen molar-refractivity contribution in [2.75, 3.05) is 36.5 Å². The van der Waals surface area contributed by atoms with Crippen LogP contribution in [0.3, 0.4) is 0 Å². The van der Waals surface area contributed by atoms with Crippen LogP contribution in [0.4, 0.5) is 17.3 Å². The molecule has 1 fully saturated rings. The summed E-state index contributed by atoms with van der Waals surface area (Å²) in [5.74, 6) is -0.361. The predicted molar refractivity (Wildman–Crippen MR) is 86.1 cm³/mol. The molecule has 1 aromatic heterocycles. The second-order valence-electron chi connectivity index (χ2n) is 5.09. The first-order chi connectivity index (χ1) is 11.6. The molecule has 1 aromatic carbocycles. The monoisotopic (exact) mass is 329 g/mol. The maximum absolute atomic E-state index is 12.2. The largest absolute Gasteiger partial charge is 0.378 e. The molecule has 24 heavy (non-hydrogen) atoms. The minimum absolute atomic E-state index is 0.112. The first-order valence-corrected chi connectivity index (χ1v) is 7.34. The van der Waals surface area contributed by atoms with Gasteiger partial charge in [0.1, 0.15) is 5.69 Å². The average Bonchev–Trinajstić information content (AvgIpc) is 2.62. The van der Waals surface area contributed by atoms with Gasteiger partial charge in [-0.05, 0) is 18.2 Å². The zero-order valence-electron chi connectivity index (χ0n) is 12.7. The van der Waals surface area contributed by atoms with Gasteiger partial charge in [0.25, 0.3) is 11.6 Å². The van der Waals surface area contributed by atoms with Crippen LogP contribution < -0.4 is 10.2 Å². The Morgan fingerprint density at radius 3 is 2.62 bits per heavy atom. The van der Waals surface area contributed by atoms with Gasteiger partial charge in [-0.2, -0.15) is 0 Å². The van der Waals surface area contributed by atoms with Gasteiger partial charge in [-0.3, -0.25) is 20.2 Å². The molecule has 2 aromatic rings. The molecule has 9 nitrogen and oxygen atoms in total. The summed E-state index contributed by atoms with van der Waals surface area (Å²) in [5, 5.41) is 13.9. The van der Waals surface area contributed by atoms with Crippen molar-refractivity contribution in [1.29, 1.82) is 0 Å². The van der Waals surface area contributed by atoms with Gasteiger partial charge >= 0.3 is 0 Å². The third-order valence-corrected chi connectivity index (χ3v) is 3.58. The van der Waals surface area contributed by atoms with E-state index in [0.29, 0.717) is 32.0 Å². The molecular formula is C15H15N5O4. The Hall–Kier alpha value is -3.07. The fraction of sp³-hybridized carbons (Fsp3) is 0.267. The Balaban J connectivity index is 1.85. The smallest absolute Gasteiger partial charge is 0.293 e. The molecule has 0 atom stereocenters. The van der Waals surface area contributed by atoms with Crippen molar-refractivity contribution in [3.63, 3.8) is 0 Å². The van der Waals surface area contributed by atoms with Crippen molar-refractivity contribution in [2.45, 2.75) is 0 Å². The quantitative estimate of drug-likeness (QED) is 0.668. The summed E-state index contributed by atoms with van der Waals surface area (Å²) in [5.41, 5.74) is 0.542. The second-order valence-corrected chi connectivity index (χ2v) is 5.09. The van der Waals surface area contributed by atoms with Crippen molar-refractivity contribution >= 4 is 23.2 Å².